The van der Waals surface area contributed by atoms with E-state index in [9.17, 15) is 33.6 Å². The molecule has 2 aromatic rings. The van der Waals surface area contributed by atoms with Gasteiger partial charge in [0.15, 0.2) is 0 Å². The van der Waals surface area contributed by atoms with Crippen LogP contribution in [-0.2, 0) is 25.6 Å². The molecule has 1 aliphatic rings. The molecule has 3 rings (SSSR count). The van der Waals surface area contributed by atoms with Gasteiger partial charge in [0.05, 0.1) is 25.3 Å². The van der Waals surface area contributed by atoms with Gasteiger partial charge < -0.3 is 30.9 Å². The standard InChI is InChI=1S/C34H43FN6O6/c1-19(2)11-27-33(45)39-28(14-22-7-9-26(47-6)10-8-22)32(44)37-21(5)31(43)40-29(20(3)4)17-41(18-30(42)38-27)34(46)24-12-23(16-36)13-25(35)15-24/h7-10,12-13,15,19-21,27-29H,11,14,17-18H2,1-6H3,(H,37,44)(H,38,42)(H,39,45)(H,40,43)/t21-,27+,28+,29-/m1/s1. The number of carbonyl (C=O) groups is 5. The molecule has 0 bridgehead atoms. The van der Waals surface area contributed by atoms with Crippen LogP contribution in [0.1, 0.15) is 62.5 Å². The number of rotatable bonds is 7. The molecular weight excluding hydrogens is 607 g/mol. The van der Waals surface area contributed by atoms with Gasteiger partial charge in [-0.05, 0) is 61.1 Å². The molecule has 0 aromatic heterocycles. The largest absolute Gasteiger partial charge is 0.497 e. The van der Waals surface area contributed by atoms with E-state index >= 15 is 0 Å². The zero-order chi connectivity index (χ0) is 34.8. The first-order valence-electron chi connectivity index (χ1n) is 15.5. The molecule has 5 amide bonds. The van der Waals surface area contributed by atoms with Crippen LogP contribution in [-0.4, -0.2) is 78.8 Å². The van der Waals surface area contributed by atoms with Crippen molar-refractivity contribution in [3.05, 3.63) is 65.0 Å². The number of amides is 5. The Balaban J connectivity index is 2.02. The Labute approximate surface area is 274 Å². The van der Waals surface area contributed by atoms with E-state index < -0.39 is 66.1 Å². The average Bonchev–Trinajstić information content (AvgIpc) is 3.02. The smallest absolute Gasteiger partial charge is 0.254 e. The van der Waals surface area contributed by atoms with E-state index in [1.807, 2.05) is 33.8 Å². The van der Waals surface area contributed by atoms with E-state index in [0.29, 0.717) is 5.75 Å². The lowest BCUT2D eigenvalue weighted by atomic mass is 10.0. The van der Waals surface area contributed by atoms with E-state index in [2.05, 4.69) is 21.3 Å². The second-order valence-electron chi connectivity index (χ2n) is 12.5. The van der Waals surface area contributed by atoms with E-state index in [4.69, 9.17) is 4.74 Å². The lowest BCUT2D eigenvalue weighted by Gasteiger charge is -2.31. The van der Waals surface area contributed by atoms with Crippen LogP contribution in [0.2, 0.25) is 0 Å². The number of halogens is 1. The molecule has 1 saturated heterocycles. The summed E-state index contributed by atoms with van der Waals surface area (Å²) in [6.45, 7) is 8.18. The van der Waals surface area contributed by atoms with Crippen LogP contribution >= 0.6 is 0 Å². The highest BCUT2D eigenvalue weighted by atomic mass is 19.1. The third-order valence-corrected chi connectivity index (χ3v) is 7.79. The van der Waals surface area contributed by atoms with Crippen molar-refractivity contribution in [3.8, 4) is 11.8 Å². The Hall–Kier alpha value is -4.99. The first kappa shape index (κ1) is 36.5. The molecule has 0 spiro atoms. The molecular formula is C34H43FN6O6. The van der Waals surface area contributed by atoms with Gasteiger partial charge in [-0.25, -0.2) is 4.39 Å². The molecule has 1 heterocycles. The van der Waals surface area contributed by atoms with Crippen molar-refractivity contribution in [3.63, 3.8) is 0 Å². The number of nitrogens with zero attached hydrogens (tertiary/aromatic N) is 2. The molecule has 1 aliphatic heterocycles. The van der Waals surface area contributed by atoms with Crippen LogP contribution in [0.15, 0.2) is 42.5 Å². The van der Waals surface area contributed by atoms with Crippen molar-refractivity contribution in [1.82, 2.24) is 26.2 Å². The Morgan fingerprint density at radius 2 is 1.62 bits per heavy atom. The van der Waals surface area contributed by atoms with Crippen molar-refractivity contribution in [2.75, 3.05) is 20.2 Å². The maximum absolute atomic E-state index is 14.3. The SMILES string of the molecule is COc1ccc(C[C@@H]2NC(=O)[C@H](CC(C)C)NC(=O)CN(C(=O)c3cc(F)cc(C#N)c3)C[C@H](C(C)C)NC(=O)[C@@H](C)NC2=O)cc1. The number of hydrogen-bond acceptors (Lipinski definition) is 7. The number of nitriles is 1. The number of hydrogen-bond donors (Lipinski definition) is 4. The van der Waals surface area contributed by atoms with Crippen LogP contribution in [0.4, 0.5) is 4.39 Å². The van der Waals surface area contributed by atoms with Crippen molar-refractivity contribution in [2.24, 2.45) is 11.8 Å². The van der Waals surface area contributed by atoms with Gasteiger partial charge in [0.2, 0.25) is 23.6 Å². The number of carbonyl (C=O) groups excluding carboxylic acids is 5. The van der Waals surface area contributed by atoms with Gasteiger partial charge in [-0.3, -0.25) is 24.0 Å². The predicted molar refractivity (Wildman–Crippen MR) is 171 cm³/mol. The monoisotopic (exact) mass is 650 g/mol. The van der Waals surface area contributed by atoms with E-state index in [-0.39, 0.29) is 42.3 Å². The Bertz CT molecular complexity index is 1510. The molecule has 0 aliphatic carbocycles. The van der Waals surface area contributed by atoms with Gasteiger partial charge in [-0.2, -0.15) is 5.26 Å². The summed E-state index contributed by atoms with van der Waals surface area (Å²) in [5.74, 6) is -3.64. The van der Waals surface area contributed by atoms with E-state index in [1.54, 1.807) is 24.3 Å². The zero-order valence-electron chi connectivity index (χ0n) is 27.6. The molecule has 0 radical (unpaired) electrons. The van der Waals surface area contributed by atoms with E-state index in [1.165, 1.54) is 20.1 Å². The second-order valence-corrected chi connectivity index (χ2v) is 12.5. The first-order chi connectivity index (χ1) is 22.2. The molecule has 0 saturated carbocycles. The highest BCUT2D eigenvalue weighted by Crippen LogP contribution is 2.16. The average molecular weight is 651 g/mol. The van der Waals surface area contributed by atoms with Crippen molar-refractivity contribution < 1.29 is 33.1 Å². The van der Waals surface area contributed by atoms with Gasteiger partial charge in [0, 0.05) is 24.6 Å². The number of ether oxygens (including phenoxy) is 1. The highest BCUT2D eigenvalue weighted by Gasteiger charge is 2.33. The minimum absolute atomic E-state index is 0.0383. The molecule has 1 fully saturated rings. The van der Waals surface area contributed by atoms with Gasteiger partial charge in [-0.1, -0.05) is 39.8 Å². The molecule has 252 valence electrons. The van der Waals surface area contributed by atoms with Gasteiger partial charge in [-0.15, -0.1) is 0 Å². The second kappa shape index (κ2) is 16.5. The Kier molecular flexibility index (Phi) is 12.8. The summed E-state index contributed by atoms with van der Waals surface area (Å²) in [5, 5.41) is 20.3. The predicted octanol–water partition coefficient (Wildman–Crippen LogP) is 2.07. The molecule has 2 aromatic carbocycles. The maximum Gasteiger partial charge on any atom is 0.254 e. The topological polar surface area (TPSA) is 170 Å². The summed E-state index contributed by atoms with van der Waals surface area (Å²) in [7, 11) is 1.53. The van der Waals surface area contributed by atoms with Crippen LogP contribution in [0.25, 0.3) is 0 Å². The fraction of sp³-hybridized carbons (Fsp3) is 0.471. The van der Waals surface area contributed by atoms with Crippen molar-refractivity contribution in [1.29, 1.82) is 5.26 Å². The normalized spacial score (nSPS) is 21.5. The Morgan fingerprint density at radius 1 is 0.957 bits per heavy atom. The first-order valence-corrected chi connectivity index (χ1v) is 15.5. The molecule has 4 atom stereocenters. The quantitative estimate of drug-likeness (QED) is 0.356. The summed E-state index contributed by atoms with van der Waals surface area (Å²) in [5.41, 5.74) is 0.489. The van der Waals surface area contributed by atoms with Crippen LogP contribution in [0.5, 0.6) is 5.75 Å². The van der Waals surface area contributed by atoms with E-state index in [0.717, 1.165) is 22.6 Å². The summed E-state index contributed by atoms with van der Waals surface area (Å²) >= 11 is 0. The fourth-order valence-electron chi connectivity index (χ4n) is 5.12. The number of benzene rings is 2. The summed E-state index contributed by atoms with van der Waals surface area (Å²) in [6.07, 6.45) is 0.316. The third-order valence-electron chi connectivity index (χ3n) is 7.79. The minimum Gasteiger partial charge on any atom is -0.497 e. The maximum atomic E-state index is 14.3. The van der Waals surface area contributed by atoms with Gasteiger partial charge in [0.25, 0.3) is 5.91 Å². The third kappa shape index (κ3) is 10.5. The summed E-state index contributed by atoms with van der Waals surface area (Å²) in [6, 6.07) is 8.08. The van der Waals surface area contributed by atoms with Crippen LogP contribution in [0.3, 0.4) is 0 Å². The van der Waals surface area contributed by atoms with Crippen molar-refractivity contribution in [2.45, 2.75) is 71.6 Å². The molecule has 4 N–H and O–H groups in total. The van der Waals surface area contributed by atoms with Crippen molar-refractivity contribution >= 4 is 29.5 Å². The zero-order valence-corrected chi connectivity index (χ0v) is 27.6. The summed E-state index contributed by atoms with van der Waals surface area (Å²) < 4.78 is 19.5. The van der Waals surface area contributed by atoms with Gasteiger partial charge in [0.1, 0.15) is 29.7 Å². The van der Waals surface area contributed by atoms with Crippen LogP contribution in [0, 0.1) is 29.0 Å². The molecule has 47 heavy (non-hydrogen) atoms. The van der Waals surface area contributed by atoms with Gasteiger partial charge >= 0.3 is 0 Å². The summed E-state index contributed by atoms with van der Waals surface area (Å²) in [4.78, 5) is 68.9. The molecule has 13 heteroatoms. The lowest BCUT2D eigenvalue weighted by Crippen LogP contribution is -2.57. The molecule has 0 unspecified atom stereocenters. The fourth-order valence-corrected chi connectivity index (χ4v) is 5.12. The Morgan fingerprint density at radius 3 is 2.21 bits per heavy atom. The lowest BCUT2D eigenvalue weighted by molar-refractivity contribution is -0.133. The van der Waals surface area contributed by atoms with Crippen LogP contribution < -0.4 is 26.0 Å². The highest BCUT2D eigenvalue weighted by molar-refractivity contribution is 5.98. The molecule has 12 nitrogen and oxygen atoms in total. The number of methoxy groups -OCH3 is 1. The minimum atomic E-state index is -1.09. The number of nitrogens with one attached hydrogen (secondary N) is 4.